The summed E-state index contributed by atoms with van der Waals surface area (Å²) in [6.07, 6.45) is 1.29. The molecular formula is C27H28FNO4. The Morgan fingerprint density at radius 2 is 1.70 bits per heavy atom. The monoisotopic (exact) mass is 449 g/mol. The van der Waals surface area contributed by atoms with E-state index in [0.29, 0.717) is 0 Å². The molecule has 0 spiro atoms. The Morgan fingerprint density at radius 1 is 1.06 bits per heavy atom. The number of Topliss-reactive ketones (excluding diaryl/α,β-unsaturated/α-hetero) is 1. The number of benzene rings is 2. The van der Waals surface area contributed by atoms with Gasteiger partial charge < -0.3 is 14.8 Å². The molecule has 5 nitrogen and oxygen atoms in total. The van der Waals surface area contributed by atoms with Crippen LogP contribution in [0.4, 0.5) is 4.39 Å². The first-order valence-electron chi connectivity index (χ1n) is 10.8. The molecule has 2 N–H and O–H groups in total. The summed E-state index contributed by atoms with van der Waals surface area (Å²) in [5.41, 5.74) is 5.56. The quantitative estimate of drug-likeness (QED) is 0.422. The van der Waals surface area contributed by atoms with E-state index in [1.54, 1.807) is 18.2 Å². The van der Waals surface area contributed by atoms with E-state index < -0.39 is 24.3 Å². The Morgan fingerprint density at radius 3 is 2.27 bits per heavy atom. The van der Waals surface area contributed by atoms with Gasteiger partial charge in [0.1, 0.15) is 18.0 Å². The number of aliphatic hydroxyl groups excluding tert-OH is 1. The van der Waals surface area contributed by atoms with Crippen LogP contribution in [-0.4, -0.2) is 32.6 Å². The molecule has 1 aromatic heterocycles. The predicted octanol–water partition coefficient (Wildman–Crippen LogP) is 5.52. The highest BCUT2D eigenvalue weighted by Crippen LogP contribution is 2.39. The van der Waals surface area contributed by atoms with Crippen molar-refractivity contribution in [2.45, 2.75) is 45.6 Å². The molecule has 0 fully saturated rings. The minimum absolute atomic E-state index is 0.152. The largest absolute Gasteiger partial charge is 0.481 e. The number of para-hydroxylation sites is 1. The number of aliphatic carboxylic acids is 1. The first-order valence-corrected chi connectivity index (χ1v) is 10.8. The maximum Gasteiger partial charge on any atom is 0.310 e. The fourth-order valence-corrected chi connectivity index (χ4v) is 4.17. The Bertz CT molecular complexity index is 1160. The molecule has 3 rings (SSSR count). The number of halogens is 1. The lowest BCUT2D eigenvalue weighted by molar-refractivity contribution is -0.140. The number of aromatic nitrogens is 1. The minimum Gasteiger partial charge on any atom is -0.481 e. The second kappa shape index (κ2) is 10.4. The van der Waals surface area contributed by atoms with E-state index in [2.05, 4.69) is 18.4 Å². The average molecular weight is 450 g/mol. The Hall–Kier alpha value is -3.51. The Labute approximate surface area is 192 Å². The standard InChI is InChI=1S/C27H28FNO4/c1-17(2)26-18(3)29(21-7-5-4-6-8-21)27(19-9-11-20(28)12-10-19)24(26)14-13-22(30)15-23(31)16-25(32)33/h4-14,17,22,30H,15-16H2,1-3H3,(H,32,33)/b14-13+. The number of rotatable bonds is 9. The van der Waals surface area contributed by atoms with Gasteiger partial charge in [-0.25, -0.2) is 4.39 Å². The number of carbonyl (C=O) groups excluding carboxylic acids is 1. The maximum absolute atomic E-state index is 13.7. The van der Waals surface area contributed by atoms with Crippen LogP contribution in [0.3, 0.4) is 0 Å². The summed E-state index contributed by atoms with van der Waals surface area (Å²) in [4.78, 5) is 22.5. The van der Waals surface area contributed by atoms with E-state index in [4.69, 9.17) is 5.11 Å². The van der Waals surface area contributed by atoms with Crippen molar-refractivity contribution >= 4 is 17.8 Å². The SMILES string of the molecule is Cc1c(C(C)C)c(/C=C/C(O)CC(=O)CC(=O)O)c(-c2ccc(F)cc2)n1-c1ccccc1. The van der Waals surface area contributed by atoms with Crippen molar-refractivity contribution < 1.29 is 24.2 Å². The first kappa shape index (κ1) is 24.1. The number of carboxylic acid groups (broad SMARTS) is 1. The number of carboxylic acids is 1. The van der Waals surface area contributed by atoms with Crippen LogP contribution in [0.25, 0.3) is 23.0 Å². The van der Waals surface area contributed by atoms with Gasteiger partial charge in [0.2, 0.25) is 0 Å². The number of ketones is 1. The molecule has 172 valence electrons. The van der Waals surface area contributed by atoms with Gasteiger partial charge in [0, 0.05) is 23.4 Å². The Kier molecular flexibility index (Phi) is 7.61. The van der Waals surface area contributed by atoms with Crippen LogP contribution in [0.5, 0.6) is 0 Å². The summed E-state index contributed by atoms with van der Waals surface area (Å²) in [7, 11) is 0. The molecule has 3 aromatic rings. The highest BCUT2D eigenvalue weighted by molar-refractivity contribution is 5.95. The molecule has 0 aliphatic heterocycles. The fraction of sp³-hybridized carbons (Fsp3) is 0.259. The van der Waals surface area contributed by atoms with Crippen LogP contribution in [0.15, 0.2) is 60.7 Å². The molecule has 0 amide bonds. The van der Waals surface area contributed by atoms with Gasteiger partial charge in [0.25, 0.3) is 0 Å². The normalized spacial score (nSPS) is 12.4. The third-order valence-electron chi connectivity index (χ3n) is 5.47. The van der Waals surface area contributed by atoms with Crippen molar-refractivity contribution in [1.29, 1.82) is 0 Å². The minimum atomic E-state index is -1.22. The third-order valence-corrected chi connectivity index (χ3v) is 5.47. The summed E-state index contributed by atoms with van der Waals surface area (Å²) in [5.74, 6) is -1.94. The van der Waals surface area contributed by atoms with Crippen molar-refractivity contribution in [3.63, 3.8) is 0 Å². The van der Waals surface area contributed by atoms with Crippen LogP contribution < -0.4 is 0 Å². The molecular weight excluding hydrogens is 421 g/mol. The molecule has 0 aliphatic rings. The van der Waals surface area contributed by atoms with E-state index in [9.17, 15) is 19.1 Å². The highest BCUT2D eigenvalue weighted by Gasteiger charge is 2.23. The zero-order valence-corrected chi connectivity index (χ0v) is 19.0. The lowest BCUT2D eigenvalue weighted by Gasteiger charge is -2.13. The van der Waals surface area contributed by atoms with Gasteiger partial charge in [0.15, 0.2) is 0 Å². The number of hydrogen-bond donors (Lipinski definition) is 2. The van der Waals surface area contributed by atoms with E-state index >= 15 is 0 Å². The lowest BCUT2D eigenvalue weighted by Crippen LogP contribution is -2.14. The molecule has 0 saturated carbocycles. The molecule has 1 heterocycles. The molecule has 6 heteroatoms. The number of hydrogen-bond acceptors (Lipinski definition) is 3. The van der Waals surface area contributed by atoms with Crippen molar-refractivity contribution in [2.24, 2.45) is 0 Å². The van der Waals surface area contributed by atoms with Crippen molar-refractivity contribution in [3.8, 4) is 16.9 Å². The van der Waals surface area contributed by atoms with Crippen LogP contribution in [-0.2, 0) is 9.59 Å². The maximum atomic E-state index is 13.7. The van der Waals surface area contributed by atoms with Crippen LogP contribution in [0.2, 0.25) is 0 Å². The molecule has 0 bridgehead atoms. The predicted molar refractivity (Wildman–Crippen MR) is 127 cm³/mol. The second-order valence-corrected chi connectivity index (χ2v) is 8.33. The van der Waals surface area contributed by atoms with Gasteiger partial charge in [-0.2, -0.15) is 0 Å². The second-order valence-electron chi connectivity index (χ2n) is 8.33. The number of aliphatic hydroxyl groups is 1. The fourth-order valence-electron chi connectivity index (χ4n) is 4.17. The van der Waals surface area contributed by atoms with Gasteiger partial charge in [-0.3, -0.25) is 9.59 Å². The van der Waals surface area contributed by atoms with Gasteiger partial charge in [0.05, 0.1) is 11.8 Å². The van der Waals surface area contributed by atoms with Crippen molar-refractivity contribution in [3.05, 3.63) is 83.3 Å². The lowest BCUT2D eigenvalue weighted by atomic mass is 9.95. The average Bonchev–Trinajstić information content (AvgIpc) is 3.05. The van der Waals surface area contributed by atoms with Crippen molar-refractivity contribution in [1.82, 2.24) is 4.57 Å². The van der Waals surface area contributed by atoms with E-state index in [-0.39, 0.29) is 18.2 Å². The van der Waals surface area contributed by atoms with Gasteiger partial charge in [-0.15, -0.1) is 0 Å². The smallest absolute Gasteiger partial charge is 0.310 e. The zero-order valence-electron chi connectivity index (χ0n) is 19.0. The summed E-state index contributed by atoms with van der Waals surface area (Å²) in [5, 5.41) is 19.1. The summed E-state index contributed by atoms with van der Waals surface area (Å²) >= 11 is 0. The summed E-state index contributed by atoms with van der Waals surface area (Å²) in [6.45, 7) is 6.19. The van der Waals surface area contributed by atoms with Crippen LogP contribution in [0, 0.1) is 12.7 Å². The molecule has 0 saturated heterocycles. The van der Waals surface area contributed by atoms with E-state index in [1.807, 2.05) is 37.3 Å². The van der Waals surface area contributed by atoms with Crippen molar-refractivity contribution in [2.75, 3.05) is 0 Å². The Balaban J connectivity index is 2.16. The number of nitrogens with zero attached hydrogens (tertiary/aromatic N) is 1. The summed E-state index contributed by atoms with van der Waals surface area (Å²) in [6, 6.07) is 16.1. The molecule has 0 radical (unpaired) electrons. The van der Waals surface area contributed by atoms with Gasteiger partial charge >= 0.3 is 5.97 Å². The summed E-state index contributed by atoms with van der Waals surface area (Å²) < 4.78 is 15.8. The molecule has 1 unspecified atom stereocenters. The van der Waals surface area contributed by atoms with E-state index in [0.717, 1.165) is 33.8 Å². The van der Waals surface area contributed by atoms with Crippen LogP contribution in [0.1, 0.15) is 49.4 Å². The van der Waals surface area contributed by atoms with E-state index in [1.165, 1.54) is 18.2 Å². The molecule has 1 atom stereocenters. The molecule has 33 heavy (non-hydrogen) atoms. The molecule has 2 aromatic carbocycles. The topological polar surface area (TPSA) is 79.5 Å². The number of carbonyl (C=O) groups is 2. The van der Waals surface area contributed by atoms with Gasteiger partial charge in [-0.05, 0) is 60.4 Å². The van der Waals surface area contributed by atoms with Gasteiger partial charge in [-0.1, -0.05) is 44.2 Å². The highest BCUT2D eigenvalue weighted by atomic mass is 19.1. The van der Waals surface area contributed by atoms with Crippen LogP contribution >= 0.6 is 0 Å². The zero-order chi connectivity index (χ0) is 24.1. The molecule has 0 aliphatic carbocycles. The third kappa shape index (κ3) is 5.65. The first-order chi connectivity index (χ1) is 15.7.